The van der Waals surface area contributed by atoms with Crippen molar-refractivity contribution in [2.45, 2.75) is 31.8 Å². The molecular formula is C19H25BrN4O2. The number of hydrogen-bond donors (Lipinski definition) is 1. The van der Waals surface area contributed by atoms with E-state index in [0.717, 1.165) is 61.4 Å². The molecule has 140 valence electrons. The summed E-state index contributed by atoms with van der Waals surface area (Å²) in [7, 11) is 0. The number of hydrogen-bond acceptors (Lipinski definition) is 4. The number of aryl methyl sites for hydroxylation is 1. The first-order chi connectivity index (χ1) is 12.5. The molecule has 0 radical (unpaired) electrons. The van der Waals surface area contributed by atoms with Crippen molar-refractivity contribution in [2.75, 3.05) is 44.2 Å². The van der Waals surface area contributed by atoms with Gasteiger partial charge in [-0.3, -0.25) is 19.4 Å². The molecule has 6 nitrogen and oxygen atoms in total. The highest BCUT2D eigenvalue weighted by atomic mass is 79.9. The van der Waals surface area contributed by atoms with E-state index in [1.54, 1.807) is 11.8 Å². The Morgan fingerprint density at radius 1 is 1.19 bits per heavy atom. The lowest BCUT2D eigenvalue weighted by Gasteiger charge is -2.49. The first-order valence-electron chi connectivity index (χ1n) is 9.36. The van der Waals surface area contributed by atoms with Crippen LogP contribution in [0.15, 0.2) is 22.7 Å². The van der Waals surface area contributed by atoms with Gasteiger partial charge in [-0.05, 0) is 36.6 Å². The largest absolute Gasteiger partial charge is 0.338 e. The fourth-order valence-corrected chi connectivity index (χ4v) is 4.73. The minimum atomic E-state index is -0.370. The molecule has 2 saturated heterocycles. The molecule has 1 aromatic carbocycles. The Hall–Kier alpha value is -1.44. The minimum absolute atomic E-state index is 0.0641. The number of carbonyl (C=O) groups excluding carboxylic acids is 2. The second kappa shape index (κ2) is 7.29. The Morgan fingerprint density at radius 3 is 2.62 bits per heavy atom. The van der Waals surface area contributed by atoms with E-state index < -0.39 is 0 Å². The lowest BCUT2D eigenvalue weighted by Crippen LogP contribution is -2.66. The predicted octanol–water partition coefficient (Wildman–Crippen LogP) is 1.23. The van der Waals surface area contributed by atoms with Gasteiger partial charge in [-0.2, -0.15) is 0 Å². The van der Waals surface area contributed by atoms with Crippen LogP contribution in [0.1, 0.15) is 18.9 Å². The van der Waals surface area contributed by atoms with E-state index >= 15 is 0 Å². The highest BCUT2D eigenvalue weighted by molar-refractivity contribution is 9.10. The van der Waals surface area contributed by atoms with Crippen molar-refractivity contribution in [3.63, 3.8) is 0 Å². The quantitative estimate of drug-likeness (QED) is 0.781. The predicted molar refractivity (Wildman–Crippen MR) is 104 cm³/mol. The summed E-state index contributed by atoms with van der Waals surface area (Å²) in [5.74, 6) is 0.0333. The van der Waals surface area contributed by atoms with Crippen LogP contribution in [-0.4, -0.2) is 73.0 Å². The lowest BCUT2D eigenvalue weighted by molar-refractivity contribution is -0.141. The maximum atomic E-state index is 13.1. The molecule has 1 aromatic rings. The summed E-state index contributed by atoms with van der Waals surface area (Å²) in [5, 5.41) is 3.37. The molecule has 1 N–H and O–H groups in total. The van der Waals surface area contributed by atoms with Crippen molar-refractivity contribution in [2.24, 2.45) is 0 Å². The van der Waals surface area contributed by atoms with Gasteiger partial charge in [0.15, 0.2) is 0 Å². The van der Waals surface area contributed by atoms with Crippen LogP contribution in [0, 0.1) is 0 Å². The first kappa shape index (κ1) is 17.9. The zero-order chi connectivity index (χ0) is 18.3. The summed E-state index contributed by atoms with van der Waals surface area (Å²) in [6.45, 7) is 7.28. The topological polar surface area (TPSA) is 55.9 Å². The molecule has 4 rings (SSSR count). The molecule has 26 heavy (non-hydrogen) atoms. The molecule has 2 fully saturated rings. The molecular weight excluding hydrogens is 396 g/mol. The Balaban J connectivity index is 1.46. The Bertz CT molecular complexity index is 713. The molecule has 3 heterocycles. The zero-order valence-electron chi connectivity index (χ0n) is 15.1. The first-order valence-corrected chi connectivity index (χ1v) is 10.2. The fraction of sp³-hybridized carbons (Fsp3) is 0.579. The normalized spacial score (nSPS) is 24.2. The highest BCUT2D eigenvalue weighted by Gasteiger charge is 2.42. The van der Waals surface area contributed by atoms with Crippen LogP contribution in [0.3, 0.4) is 0 Å². The number of fused-ring (bicyclic) bond motifs is 1. The number of amides is 2. The number of anilines is 1. The summed E-state index contributed by atoms with van der Waals surface area (Å²) in [5.41, 5.74) is 2.01. The van der Waals surface area contributed by atoms with Crippen molar-refractivity contribution < 1.29 is 9.59 Å². The summed E-state index contributed by atoms with van der Waals surface area (Å²) in [6.07, 6.45) is 1.51. The summed E-state index contributed by atoms with van der Waals surface area (Å²) >= 11 is 3.49. The van der Waals surface area contributed by atoms with Crippen LogP contribution in [0.4, 0.5) is 5.69 Å². The van der Waals surface area contributed by atoms with Gasteiger partial charge in [-0.1, -0.05) is 15.9 Å². The van der Waals surface area contributed by atoms with Gasteiger partial charge in [0.1, 0.15) is 6.04 Å². The van der Waals surface area contributed by atoms with Crippen LogP contribution < -0.4 is 10.2 Å². The van der Waals surface area contributed by atoms with Gasteiger partial charge >= 0.3 is 0 Å². The van der Waals surface area contributed by atoms with Gasteiger partial charge in [0.2, 0.25) is 11.8 Å². The molecule has 2 amide bonds. The monoisotopic (exact) mass is 420 g/mol. The summed E-state index contributed by atoms with van der Waals surface area (Å²) in [6, 6.07) is 6.03. The maximum absolute atomic E-state index is 13.1. The van der Waals surface area contributed by atoms with Gasteiger partial charge in [0, 0.05) is 62.4 Å². The number of rotatable bonds is 2. The van der Waals surface area contributed by atoms with Gasteiger partial charge < -0.3 is 10.2 Å². The SMILES string of the molecule is CC(=O)N1c2ccc(Br)cc2CCC1C(=O)N1CC(N2CCNCC2)C1. The van der Waals surface area contributed by atoms with Crippen molar-refractivity contribution >= 4 is 33.4 Å². The van der Waals surface area contributed by atoms with Gasteiger partial charge in [-0.15, -0.1) is 0 Å². The molecule has 0 spiro atoms. The minimum Gasteiger partial charge on any atom is -0.338 e. The average Bonchev–Trinajstić information content (AvgIpc) is 2.60. The van der Waals surface area contributed by atoms with Crippen LogP contribution in [-0.2, 0) is 16.0 Å². The standard InChI is InChI=1S/C19H25BrN4O2/c1-13(25)24-17-5-3-15(20)10-14(17)2-4-18(24)19(26)23-11-16(12-23)22-8-6-21-7-9-22/h3,5,10,16,18,21H,2,4,6-9,11-12H2,1H3. The fourth-order valence-electron chi connectivity index (χ4n) is 4.33. The Morgan fingerprint density at radius 2 is 1.92 bits per heavy atom. The molecule has 7 heteroatoms. The van der Waals surface area contributed by atoms with E-state index in [4.69, 9.17) is 0 Å². The molecule has 3 aliphatic heterocycles. The van der Waals surface area contributed by atoms with Gasteiger partial charge in [0.25, 0.3) is 0 Å². The molecule has 0 aromatic heterocycles. The van der Waals surface area contributed by atoms with Crippen LogP contribution in [0.5, 0.6) is 0 Å². The lowest BCUT2D eigenvalue weighted by atomic mass is 9.93. The number of piperazine rings is 1. The molecule has 0 bridgehead atoms. The van der Waals surface area contributed by atoms with Crippen LogP contribution >= 0.6 is 15.9 Å². The number of halogens is 1. The zero-order valence-corrected chi connectivity index (χ0v) is 16.7. The van der Waals surface area contributed by atoms with E-state index in [1.165, 1.54) is 0 Å². The molecule has 1 atom stereocenters. The van der Waals surface area contributed by atoms with E-state index in [0.29, 0.717) is 12.5 Å². The third-order valence-electron chi connectivity index (χ3n) is 5.77. The van der Waals surface area contributed by atoms with E-state index in [1.807, 2.05) is 17.0 Å². The molecule has 1 unspecified atom stereocenters. The van der Waals surface area contributed by atoms with Crippen molar-refractivity contribution in [3.05, 3.63) is 28.2 Å². The summed E-state index contributed by atoms with van der Waals surface area (Å²) < 4.78 is 1.01. The number of benzene rings is 1. The number of carbonyl (C=O) groups is 2. The van der Waals surface area contributed by atoms with Crippen LogP contribution in [0.2, 0.25) is 0 Å². The van der Waals surface area contributed by atoms with E-state index in [9.17, 15) is 9.59 Å². The number of nitrogens with one attached hydrogen (secondary N) is 1. The molecule has 0 saturated carbocycles. The number of nitrogens with zero attached hydrogens (tertiary/aromatic N) is 3. The third-order valence-corrected chi connectivity index (χ3v) is 6.26. The smallest absolute Gasteiger partial charge is 0.245 e. The van der Waals surface area contributed by atoms with E-state index in [-0.39, 0.29) is 17.9 Å². The van der Waals surface area contributed by atoms with Gasteiger partial charge in [-0.25, -0.2) is 0 Å². The van der Waals surface area contributed by atoms with Crippen molar-refractivity contribution in [1.82, 2.24) is 15.1 Å². The maximum Gasteiger partial charge on any atom is 0.245 e. The Kier molecular flexibility index (Phi) is 5.03. The Labute approximate surface area is 162 Å². The van der Waals surface area contributed by atoms with Crippen molar-refractivity contribution in [1.29, 1.82) is 0 Å². The van der Waals surface area contributed by atoms with E-state index in [2.05, 4.69) is 32.2 Å². The molecule has 3 aliphatic rings. The third kappa shape index (κ3) is 3.28. The average molecular weight is 421 g/mol. The van der Waals surface area contributed by atoms with Crippen molar-refractivity contribution in [3.8, 4) is 0 Å². The number of likely N-dealkylation sites (tertiary alicyclic amines) is 1. The summed E-state index contributed by atoms with van der Waals surface area (Å²) in [4.78, 5) is 31.5. The van der Waals surface area contributed by atoms with Gasteiger partial charge in [0.05, 0.1) is 0 Å². The highest BCUT2D eigenvalue weighted by Crippen LogP contribution is 2.34. The second-order valence-electron chi connectivity index (χ2n) is 7.40. The second-order valence-corrected chi connectivity index (χ2v) is 8.32. The molecule has 0 aliphatic carbocycles. The van der Waals surface area contributed by atoms with Crippen LogP contribution in [0.25, 0.3) is 0 Å².